The second-order valence-corrected chi connectivity index (χ2v) is 7.79. The standard InChI is InChI=1S/C22H36N2S/c1-4-7-9-12-17-15-18(5-2)21(19(6-3)16-17)24-22(25)23-20-13-10-8-11-14-20/h15-16,20H,4-14H2,1-3H3,(H2,23,24,25). The molecule has 0 bridgehead atoms. The Bertz CT molecular complexity index is 522. The SMILES string of the molecule is CCCCCc1cc(CC)c(NC(=S)NC2CCCCC2)c(CC)c1. The summed E-state index contributed by atoms with van der Waals surface area (Å²) in [5, 5.41) is 7.89. The number of anilines is 1. The Morgan fingerprint density at radius 1 is 1.00 bits per heavy atom. The molecule has 1 aliphatic rings. The topological polar surface area (TPSA) is 24.1 Å². The van der Waals surface area contributed by atoms with Crippen molar-refractivity contribution in [1.29, 1.82) is 0 Å². The van der Waals surface area contributed by atoms with Crippen LogP contribution in [-0.4, -0.2) is 11.2 Å². The highest BCUT2D eigenvalue weighted by Crippen LogP contribution is 2.26. The van der Waals surface area contributed by atoms with Crippen LogP contribution in [0.3, 0.4) is 0 Å². The second kappa shape index (κ2) is 10.8. The average Bonchev–Trinajstić information content (AvgIpc) is 2.63. The maximum Gasteiger partial charge on any atom is 0.171 e. The van der Waals surface area contributed by atoms with E-state index in [1.54, 1.807) is 0 Å². The highest BCUT2D eigenvalue weighted by atomic mass is 32.1. The molecule has 2 nitrogen and oxygen atoms in total. The van der Waals surface area contributed by atoms with E-state index in [9.17, 15) is 0 Å². The smallest absolute Gasteiger partial charge is 0.171 e. The van der Waals surface area contributed by atoms with E-state index in [2.05, 4.69) is 43.5 Å². The van der Waals surface area contributed by atoms with Crippen LogP contribution in [0.25, 0.3) is 0 Å². The first-order chi connectivity index (χ1) is 12.2. The summed E-state index contributed by atoms with van der Waals surface area (Å²) in [6.45, 7) is 6.75. The van der Waals surface area contributed by atoms with Gasteiger partial charge in [0.25, 0.3) is 0 Å². The molecular formula is C22H36N2S. The van der Waals surface area contributed by atoms with Crippen LogP contribution in [0, 0.1) is 0 Å². The van der Waals surface area contributed by atoms with Crippen LogP contribution in [-0.2, 0) is 19.3 Å². The number of hydrogen-bond acceptors (Lipinski definition) is 1. The van der Waals surface area contributed by atoms with E-state index in [0.717, 1.165) is 18.0 Å². The zero-order chi connectivity index (χ0) is 18.1. The van der Waals surface area contributed by atoms with Crippen molar-refractivity contribution in [2.45, 2.75) is 97.4 Å². The highest BCUT2D eigenvalue weighted by Gasteiger charge is 2.16. The van der Waals surface area contributed by atoms with Crippen LogP contribution in [0.4, 0.5) is 5.69 Å². The van der Waals surface area contributed by atoms with E-state index in [4.69, 9.17) is 12.2 Å². The van der Waals surface area contributed by atoms with Gasteiger partial charge in [0, 0.05) is 11.7 Å². The van der Waals surface area contributed by atoms with Crippen molar-refractivity contribution in [2.24, 2.45) is 0 Å². The molecule has 0 atom stereocenters. The van der Waals surface area contributed by atoms with Crippen LogP contribution < -0.4 is 10.6 Å². The van der Waals surface area contributed by atoms with Crippen LogP contribution in [0.5, 0.6) is 0 Å². The molecule has 0 radical (unpaired) electrons. The summed E-state index contributed by atoms with van der Waals surface area (Å²) in [6, 6.07) is 5.33. The van der Waals surface area contributed by atoms with Gasteiger partial charge in [-0.1, -0.05) is 65.0 Å². The Hall–Kier alpha value is -1.09. The highest BCUT2D eigenvalue weighted by molar-refractivity contribution is 7.80. The summed E-state index contributed by atoms with van der Waals surface area (Å²) < 4.78 is 0. The zero-order valence-corrected chi connectivity index (χ0v) is 17.2. The van der Waals surface area contributed by atoms with Crippen molar-refractivity contribution in [3.05, 3.63) is 28.8 Å². The van der Waals surface area contributed by atoms with Gasteiger partial charge in [0.1, 0.15) is 0 Å². The molecule has 2 N–H and O–H groups in total. The predicted octanol–water partition coefficient (Wildman–Crippen LogP) is 6.16. The lowest BCUT2D eigenvalue weighted by Gasteiger charge is -2.25. The van der Waals surface area contributed by atoms with Crippen molar-refractivity contribution >= 4 is 23.0 Å². The summed E-state index contributed by atoms with van der Waals surface area (Å²) in [5.41, 5.74) is 5.54. The van der Waals surface area contributed by atoms with Crippen LogP contribution in [0.2, 0.25) is 0 Å². The van der Waals surface area contributed by atoms with Crippen molar-refractivity contribution in [1.82, 2.24) is 5.32 Å². The van der Waals surface area contributed by atoms with Crippen molar-refractivity contribution in [3.8, 4) is 0 Å². The fourth-order valence-corrected chi connectivity index (χ4v) is 4.13. The first-order valence-electron chi connectivity index (χ1n) is 10.4. The van der Waals surface area contributed by atoms with Crippen molar-refractivity contribution in [3.63, 3.8) is 0 Å². The lowest BCUT2D eigenvalue weighted by Crippen LogP contribution is -2.39. The minimum atomic E-state index is 0.553. The molecule has 3 heteroatoms. The average molecular weight is 361 g/mol. The molecule has 1 aromatic carbocycles. The molecule has 0 spiro atoms. The Kier molecular flexibility index (Phi) is 8.74. The molecule has 140 valence electrons. The molecule has 1 aliphatic carbocycles. The van der Waals surface area contributed by atoms with Crippen LogP contribution >= 0.6 is 12.2 Å². The van der Waals surface area contributed by atoms with E-state index < -0.39 is 0 Å². The first kappa shape index (κ1) is 20.2. The molecule has 0 unspecified atom stereocenters. The Balaban J connectivity index is 2.07. The number of benzene rings is 1. The molecule has 1 aromatic rings. The third-order valence-corrected chi connectivity index (χ3v) is 5.59. The third kappa shape index (κ3) is 6.29. The molecule has 2 rings (SSSR count). The molecule has 25 heavy (non-hydrogen) atoms. The summed E-state index contributed by atoms with van der Waals surface area (Å²) in [5.74, 6) is 0. The molecule has 1 fully saturated rings. The quantitative estimate of drug-likeness (QED) is 0.428. The lowest BCUT2D eigenvalue weighted by molar-refractivity contribution is 0.415. The lowest BCUT2D eigenvalue weighted by atomic mass is 9.95. The maximum absolute atomic E-state index is 5.63. The predicted molar refractivity (Wildman–Crippen MR) is 115 cm³/mol. The fourth-order valence-electron chi connectivity index (χ4n) is 3.86. The van der Waals surface area contributed by atoms with Gasteiger partial charge < -0.3 is 10.6 Å². The normalized spacial score (nSPS) is 15.2. The minimum Gasteiger partial charge on any atom is -0.360 e. The molecule has 0 amide bonds. The number of unbranched alkanes of at least 4 members (excludes halogenated alkanes) is 2. The zero-order valence-electron chi connectivity index (χ0n) is 16.4. The summed E-state index contributed by atoms with van der Waals surface area (Å²) in [4.78, 5) is 0. The van der Waals surface area contributed by atoms with Gasteiger partial charge in [0.15, 0.2) is 5.11 Å². The number of rotatable bonds is 8. The number of nitrogens with one attached hydrogen (secondary N) is 2. The Morgan fingerprint density at radius 2 is 1.64 bits per heavy atom. The van der Waals surface area contributed by atoms with Crippen LogP contribution in [0.15, 0.2) is 12.1 Å². The number of aryl methyl sites for hydroxylation is 3. The van der Waals surface area contributed by atoms with Crippen molar-refractivity contribution < 1.29 is 0 Å². The number of hydrogen-bond donors (Lipinski definition) is 2. The fraction of sp³-hybridized carbons (Fsp3) is 0.682. The number of thiocarbonyl (C=S) groups is 1. The van der Waals surface area contributed by atoms with Gasteiger partial charge in [-0.15, -0.1) is 0 Å². The maximum atomic E-state index is 5.63. The van der Waals surface area contributed by atoms with Crippen LogP contribution in [0.1, 0.15) is 88.8 Å². The van der Waals surface area contributed by atoms with E-state index in [-0.39, 0.29) is 0 Å². The second-order valence-electron chi connectivity index (χ2n) is 7.39. The van der Waals surface area contributed by atoms with Crippen molar-refractivity contribution in [2.75, 3.05) is 5.32 Å². The summed E-state index contributed by atoms with van der Waals surface area (Å²) >= 11 is 5.63. The van der Waals surface area contributed by atoms with E-state index >= 15 is 0 Å². The molecular weight excluding hydrogens is 324 g/mol. The van der Waals surface area contributed by atoms with E-state index in [1.807, 2.05) is 0 Å². The first-order valence-corrected chi connectivity index (χ1v) is 10.8. The molecule has 1 saturated carbocycles. The van der Waals surface area contributed by atoms with Gasteiger partial charge in [-0.2, -0.15) is 0 Å². The van der Waals surface area contributed by atoms with Gasteiger partial charge in [-0.05, 0) is 67.4 Å². The van der Waals surface area contributed by atoms with Gasteiger partial charge in [0.2, 0.25) is 0 Å². The monoisotopic (exact) mass is 360 g/mol. The van der Waals surface area contributed by atoms with E-state index in [0.29, 0.717) is 6.04 Å². The largest absolute Gasteiger partial charge is 0.360 e. The van der Waals surface area contributed by atoms with Gasteiger partial charge >= 0.3 is 0 Å². The van der Waals surface area contributed by atoms with Gasteiger partial charge in [-0.3, -0.25) is 0 Å². The summed E-state index contributed by atoms with van der Waals surface area (Å²) in [7, 11) is 0. The molecule has 0 saturated heterocycles. The van der Waals surface area contributed by atoms with E-state index in [1.165, 1.54) is 80.2 Å². The summed E-state index contributed by atoms with van der Waals surface area (Å²) in [6.07, 6.45) is 13.7. The third-order valence-electron chi connectivity index (χ3n) is 5.37. The Morgan fingerprint density at radius 3 is 2.20 bits per heavy atom. The molecule has 0 heterocycles. The molecule has 0 aliphatic heterocycles. The Labute approximate surface area is 160 Å². The molecule has 0 aromatic heterocycles. The van der Waals surface area contributed by atoms with Gasteiger partial charge in [0.05, 0.1) is 0 Å². The van der Waals surface area contributed by atoms with Gasteiger partial charge in [-0.25, -0.2) is 0 Å². The minimum absolute atomic E-state index is 0.553.